The second-order valence-corrected chi connectivity index (χ2v) is 10.0. The number of rotatable bonds is 5. The average molecular weight is 545 g/mol. The molecule has 1 N–H and O–H groups in total. The van der Waals surface area contributed by atoms with Crippen LogP contribution in [0.2, 0.25) is 0 Å². The number of halogens is 4. The van der Waals surface area contributed by atoms with E-state index in [-0.39, 0.29) is 18.0 Å². The zero-order chi connectivity index (χ0) is 28.1. The molecule has 206 valence electrons. The molecule has 8 nitrogen and oxygen atoms in total. The molecule has 0 aliphatic carbocycles. The lowest BCUT2D eigenvalue weighted by atomic mass is 9.76. The highest BCUT2D eigenvalue weighted by molar-refractivity contribution is 6.04. The van der Waals surface area contributed by atoms with Crippen molar-refractivity contribution in [3.63, 3.8) is 0 Å². The van der Waals surface area contributed by atoms with E-state index in [4.69, 9.17) is 9.72 Å². The van der Waals surface area contributed by atoms with Crippen LogP contribution in [0.4, 0.5) is 29.1 Å². The van der Waals surface area contributed by atoms with E-state index in [1.165, 1.54) is 19.2 Å². The number of nitrogens with zero attached hydrogens (tertiary/aromatic N) is 5. The van der Waals surface area contributed by atoms with E-state index in [2.05, 4.69) is 20.2 Å². The summed E-state index contributed by atoms with van der Waals surface area (Å²) in [5.74, 6) is -0.300. The number of pyridine rings is 1. The van der Waals surface area contributed by atoms with Crippen molar-refractivity contribution < 1.29 is 27.1 Å². The zero-order valence-corrected chi connectivity index (χ0v) is 21.9. The van der Waals surface area contributed by atoms with Crippen molar-refractivity contribution in [1.82, 2.24) is 19.9 Å². The van der Waals surface area contributed by atoms with E-state index < -0.39 is 29.0 Å². The SMILES string of the molecule is COc1ccncc1N1Cc2c(N[C@H](C)c3cccc(C(F)(F)F)c3F)nc(C)nc2C2(CCN(C)C2)C1=O. The fourth-order valence-electron chi connectivity index (χ4n) is 5.55. The summed E-state index contributed by atoms with van der Waals surface area (Å²) >= 11 is 0. The smallest absolute Gasteiger partial charge is 0.419 e. The first kappa shape index (κ1) is 26.8. The van der Waals surface area contributed by atoms with Gasteiger partial charge in [0.15, 0.2) is 0 Å². The molecule has 1 unspecified atom stereocenters. The van der Waals surface area contributed by atoms with Crippen molar-refractivity contribution in [2.75, 3.05) is 37.5 Å². The van der Waals surface area contributed by atoms with Gasteiger partial charge in [0.2, 0.25) is 5.91 Å². The van der Waals surface area contributed by atoms with Gasteiger partial charge in [0, 0.05) is 29.9 Å². The summed E-state index contributed by atoms with van der Waals surface area (Å²) in [7, 11) is 3.43. The van der Waals surface area contributed by atoms with Crippen LogP contribution in [0, 0.1) is 12.7 Å². The summed E-state index contributed by atoms with van der Waals surface area (Å²) in [6.45, 7) is 4.42. The van der Waals surface area contributed by atoms with Gasteiger partial charge in [0.05, 0.1) is 37.2 Å². The number of fused-ring (bicyclic) bond motifs is 2. The van der Waals surface area contributed by atoms with Gasteiger partial charge >= 0.3 is 6.18 Å². The minimum Gasteiger partial charge on any atom is -0.494 e. The van der Waals surface area contributed by atoms with Gasteiger partial charge in [0.1, 0.15) is 34.3 Å². The lowest BCUT2D eigenvalue weighted by molar-refractivity contribution is -0.140. The topological polar surface area (TPSA) is 83.5 Å². The molecule has 2 aromatic heterocycles. The van der Waals surface area contributed by atoms with E-state index in [0.717, 1.165) is 0 Å². The predicted molar refractivity (Wildman–Crippen MR) is 136 cm³/mol. The number of amides is 1. The molecule has 0 bridgehead atoms. The van der Waals surface area contributed by atoms with Gasteiger partial charge < -0.3 is 19.9 Å². The summed E-state index contributed by atoms with van der Waals surface area (Å²) in [4.78, 5) is 31.2. The first-order valence-electron chi connectivity index (χ1n) is 12.4. The van der Waals surface area contributed by atoms with Crippen LogP contribution in [0.3, 0.4) is 0 Å². The van der Waals surface area contributed by atoms with Gasteiger partial charge in [-0.2, -0.15) is 13.2 Å². The van der Waals surface area contributed by atoms with Crippen LogP contribution in [-0.2, 0) is 22.9 Å². The number of alkyl halides is 3. The summed E-state index contributed by atoms with van der Waals surface area (Å²) in [6.07, 6.45) is -1.19. The van der Waals surface area contributed by atoms with Crippen LogP contribution < -0.4 is 15.0 Å². The molecule has 12 heteroatoms. The number of hydrogen-bond acceptors (Lipinski definition) is 7. The molecule has 5 rings (SSSR count). The summed E-state index contributed by atoms with van der Waals surface area (Å²) in [5, 5.41) is 3.12. The van der Waals surface area contributed by atoms with Gasteiger partial charge in [-0.25, -0.2) is 14.4 Å². The van der Waals surface area contributed by atoms with Crippen LogP contribution >= 0.6 is 0 Å². The Labute approximate surface area is 223 Å². The summed E-state index contributed by atoms with van der Waals surface area (Å²) in [5.41, 5.74) is -0.792. The largest absolute Gasteiger partial charge is 0.494 e. The number of nitrogens with one attached hydrogen (secondary N) is 1. The van der Waals surface area contributed by atoms with Gasteiger partial charge in [-0.15, -0.1) is 0 Å². The van der Waals surface area contributed by atoms with E-state index in [0.29, 0.717) is 59.9 Å². The first-order valence-corrected chi connectivity index (χ1v) is 12.4. The van der Waals surface area contributed by atoms with E-state index in [1.54, 1.807) is 37.2 Å². The molecule has 1 spiro atoms. The number of ether oxygens (including phenoxy) is 1. The molecular formula is C27H28F4N6O2. The minimum atomic E-state index is -4.82. The third kappa shape index (κ3) is 4.56. The van der Waals surface area contributed by atoms with E-state index >= 15 is 0 Å². The fourth-order valence-corrected chi connectivity index (χ4v) is 5.55. The number of likely N-dealkylation sites (N-methyl/N-ethyl adjacent to an activating group) is 1. The third-order valence-corrected chi connectivity index (χ3v) is 7.43. The van der Waals surface area contributed by atoms with Crippen LogP contribution in [-0.4, -0.2) is 53.0 Å². The van der Waals surface area contributed by atoms with Crippen molar-refractivity contribution in [2.24, 2.45) is 0 Å². The standard InChI is InChI=1S/C27H28F4N6O2/c1-15(17-6-5-7-19(22(17)28)27(29,30)31)33-24-18-13-37(20-12-32-10-8-21(20)39-4)25(38)26(9-11-36(3)14-26)23(18)34-16(2)35-24/h5-8,10,12,15H,9,11,13-14H2,1-4H3,(H,33,34,35)/t15-,26?/m1/s1. The molecule has 4 heterocycles. The lowest BCUT2D eigenvalue weighted by Crippen LogP contribution is -2.53. The maximum Gasteiger partial charge on any atom is 0.419 e. The van der Waals surface area contributed by atoms with Gasteiger partial charge in [-0.3, -0.25) is 9.78 Å². The van der Waals surface area contributed by atoms with Crippen molar-refractivity contribution in [1.29, 1.82) is 0 Å². The molecule has 1 saturated heterocycles. The van der Waals surface area contributed by atoms with Crippen molar-refractivity contribution in [2.45, 2.75) is 44.4 Å². The number of likely N-dealkylation sites (tertiary alicyclic amines) is 1. The minimum absolute atomic E-state index is 0.0715. The molecular weight excluding hydrogens is 516 g/mol. The molecule has 1 fully saturated rings. The number of aromatic nitrogens is 3. The molecule has 2 atom stereocenters. The number of hydrogen-bond donors (Lipinski definition) is 1. The average Bonchev–Trinajstić information content (AvgIpc) is 3.28. The normalized spacial score (nSPS) is 20.3. The van der Waals surface area contributed by atoms with Gasteiger partial charge in [-0.1, -0.05) is 12.1 Å². The highest BCUT2D eigenvalue weighted by Gasteiger charge is 2.53. The van der Waals surface area contributed by atoms with Crippen LogP contribution in [0.1, 0.15) is 47.6 Å². The van der Waals surface area contributed by atoms with Crippen LogP contribution in [0.5, 0.6) is 5.75 Å². The number of benzene rings is 1. The first-order chi connectivity index (χ1) is 18.5. The highest BCUT2D eigenvalue weighted by atomic mass is 19.4. The Morgan fingerprint density at radius 1 is 1.21 bits per heavy atom. The third-order valence-electron chi connectivity index (χ3n) is 7.43. The van der Waals surface area contributed by atoms with E-state index in [9.17, 15) is 22.4 Å². The molecule has 1 aromatic carbocycles. The monoisotopic (exact) mass is 544 g/mol. The Kier molecular flexibility index (Phi) is 6.69. The molecule has 1 amide bonds. The lowest BCUT2D eigenvalue weighted by Gasteiger charge is -2.41. The number of anilines is 2. The molecule has 0 radical (unpaired) electrons. The predicted octanol–water partition coefficient (Wildman–Crippen LogP) is 4.64. The van der Waals surface area contributed by atoms with Crippen LogP contribution in [0.25, 0.3) is 0 Å². The molecule has 0 saturated carbocycles. The number of aryl methyl sites for hydroxylation is 1. The number of methoxy groups -OCH3 is 1. The number of carbonyl (C=O) groups excluding carboxylic acids is 1. The Morgan fingerprint density at radius 2 is 1.97 bits per heavy atom. The molecule has 3 aromatic rings. The Balaban J connectivity index is 1.62. The Hall–Kier alpha value is -3.80. The highest BCUT2D eigenvalue weighted by Crippen LogP contribution is 2.45. The number of carbonyl (C=O) groups is 1. The molecule has 39 heavy (non-hydrogen) atoms. The van der Waals surface area contributed by atoms with Gasteiger partial charge in [0.25, 0.3) is 0 Å². The maximum atomic E-state index is 15.0. The van der Waals surface area contributed by atoms with Crippen molar-refractivity contribution in [3.8, 4) is 5.75 Å². The fraction of sp³-hybridized carbons (Fsp3) is 0.407. The summed E-state index contributed by atoms with van der Waals surface area (Å²) < 4.78 is 60.6. The van der Waals surface area contributed by atoms with Crippen molar-refractivity contribution >= 4 is 17.4 Å². The zero-order valence-electron chi connectivity index (χ0n) is 21.9. The van der Waals surface area contributed by atoms with Crippen molar-refractivity contribution in [3.05, 3.63) is 70.7 Å². The molecule has 2 aliphatic rings. The maximum absolute atomic E-state index is 15.0. The van der Waals surface area contributed by atoms with Gasteiger partial charge in [-0.05, 0) is 39.9 Å². The quantitative estimate of drug-likeness (QED) is 0.469. The Morgan fingerprint density at radius 3 is 2.64 bits per heavy atom. The second kappa shape index (κ2) is 9.74. The second-order valence-electron chi connectivity index (χ2n) is 10.0. The summed E-state index contributed by atoms with van der Waals surface area (Å²) in [6, 6.07) is 4.00. The Bertz CT molecular complexity index is 1430. The van der Waals surface area contributed by atoms with Crippen LogP contribution in [0.15, 0.2) is 36.7 Å². The molecule has 2 aliphatic heterocycles. The van der Waals surface area contributed by atoms with E-state index in [1.807, 2.05) is 7.05 Å².